The molecular weight excluding hydrogens is 142 g/mol. The molecule has 3 heteroatoms. The molecule has 0 aromatic rings. The van der Waals surface area contributed by atoms with E-state index in [1.165, 1.54) is 0 Å². The fourth-order valence-electron chi connectivity index (χ4n) is 0.956. The number of carboxylic acids is 1. The van der Waals surface area contributed by atoms with Crippen LogP contribution in [0.4, 0.5) is 0 Å². The molecule has 1 unspecified atom stereocenters. The summed E-state index contributed by atoms with van der Waals surface area (Å²) in [4.78, 5) is 10.3. The second kappa shape index (κ2) is 3.53. The van der Waals surface area contributed by atoms with Crippen LogP contribution in [-0.2, 0) is 4.79 Å². The molecule has 0 amide bonds. The van der Waals surface area contributed by atoms with E-state index in [1.807, 2.05) is 0 Å². The van der Waals surface area contributed by atoms with Gasteiger partial charge in [-0.05, 0) is 19.3 Å². The zero-order valence-electron chi connectivity index (χ0n) is 6.47. The fourth-order valence-corrected chi connectivity index (χ4v) is 0.956. The van der Waals surface area contributed by atoms with Crippen LogP contribution in [-0.4, -0.2) is 23.7 Å². The summed E-state index contributed by atoms with van der Waals surface area (Å²) in [7, 11) is 0. The molecule has 1 aliphatic heterocycles. The largest absolute Gasteiger partial charge is 0.478 e. The molecule has 1 atom stereocenters. The zero-order chi connectivity index (χ0) is 8.27. The van der Waals surface area contributed by atoms with Crippen LogP contribution in [0, 0.1) is 0 Å². The monoisotopic (exact) mass is 155 g/mol. The van der Waals surface area contributed by atoms with Gasteiger partial charge < -0.3 is 10.4 Å². The Kier molecular flexibility index (Phi) is 2.65. The molecule has 1 heterocycles. The summed E-state index contributed by atoms with van der Waals surface area (Å²) >= 11 is 0. The van der Waals surface area contributed by atoms with Crippen LogP contribution in [0.1, 0.15) is 19.3 Å². The van der Waals surface area contributed by atoms with Crippen molar-refractivity contribution in [2.75, 3.05) is 6.54 Å². The first-order valence-corrected chi connectivity index (χ1v) is 3.84. The lowest BCUT2D eigenvalue weighted by molar-refractivity contribution is -0.132. The van der Waals surface area contributed by atoms with E-state index in [9.17, 15) is 4.79 Å². The number of nitrogens with one attached hydrogen (secondary N) is 1. The maximum atomic E-state index is 10.3. The van der Waals surface area contributed by atoms with Gasteiger partial charge in [0.15, 0.2) is 0 Å². The van der Waals surface area contributed by atoms with Gasteiger partial charge in [-0.15, -0.1) is 0 Å². The number of aliphatic carboxylic acids is 1. The minimum Gasteiger partial charge on any atom is -0.478 e. The van der Waals surface area contributed by atoms with Gasteiger partial charge in [-0.25, -0.2) is 4.79 Å². The molecule has 0 spiro atoms. The molecule has 0 bridgehead atoms. The van der Waals surface area contributed by atoms with Gasteiger partial charge in [-0.2, -0.15) is 0 Å². The first-order chi connectivity index (χ1) is 5.20. The van der Waals surface area contributed by atoms with Crippen molar-refractivity contribution in [3.8, 4) is 0 Å². The maximum absolute atomic E-state index is 10.3. The second-order valence-electron chi connectivity index (χ2n) is 2.91. The van der Waals surface area contributed by atoms with Gasteiger partial charge in [-0.1, -0.05) is 6.58 Å². The molecule has 0 saturated carbocycles. The molecule has 1 saturated heterocycles. The molecule has 0 aliphatic carbocycles. The topological polar surface area (TPSA) is 59.2 Å². The van der Waals surface area contributed by atoms with E-state index in [4.69, 9.17) is 5.11 Å². The van der Waals surface area contributed by atoms with Crippen molar-refractivity contribution in [1.82, 2.24) is 5.32 Å². The Balaban J connectivity index is 2.01. The fraction of sp³-hybridized carbons (Fsp3) is 0.625. The minimum atomic E-state index is -0.867. The van der Waals surface area contributed by atoms with Gasteiger partial charge in [0.2, 0.25) is 0 Å². The Morgan fingerprint density at radius 1 is 1.73 bits per heavy atom. The summed E-state index contributed by atoms with van der Waals surface area (Å²) in [5.74, 6) is -0.867. The normalized spacial score (nSPS) is 21.3. The SMILES string of the molecule is C=C(CCCC1CN1)C(=O)O. The van der Waals surface area contributed by atoms with E-state index in [0.717, 1.165) is 19.4 Å². The van der Waals surface area contributed by atoms with E-state index in [-0.39, 0.29) is 0 Å². The standard InChI is InChI=1S/C8H13NO2/c1-6(8(10)11)3-2-4-7-5-9-7/h7,9H,1-5H2,(H,10,11). The second-order valence-corrected chi connectivity index (χ2v) is 2.91. The number of carbonyl (C=O) groups is 1. The van der Waals surface area contributed by atoms with Gasteiger partial charge in [0, 0.05) is 18.2 Å². The van der Waals surface area contributed by atoms with Crippen LogP contribution in [0.3, 0.4) is 0 Å². The van der Waals surface area contributed by atoms with Crippen molar-refractivity contribution in [2.45, 2.75) is 25.3 Å². The molecule has 3 nitrogen and oxygen atoms in total. The summed E-state index contributed by atoms with van der Waals surface area (Å²) in [6.45, 7) is 4.55. The van der Waals surface area contributed by atoms with Crippen LogP contribution < -0.4 is 5.32 Å². The Morgan fingerprint density at radius 3 is 2.82 bits per heavy atom. The van der Waals surface area contributed by atoms with Crippen LogP contribution in [0.5, 0.6) is 0 Å². The van der Waals surface area contributed by atoms with Crippen LogP contribution in [0.2, 0.25) is 0 Å². The van der Waals surface area contributed by atoms with Gasteiger partial charge in [0.25, 0.3) is 0 Å². The third-order valence-electron chi connectivity index (χ3n) is 1.83. The molecule has 11 heavy (non-hydrogen) atoms. The smallest absolute Gasteiger partial charge is 0.330 e. The highest BCUT2D eigenvalue weighted by atomic mass is 16.4. The quantitative estimate of drug-likeness (QED) is 0.455. The average Bonchev–Trinajstić information content (AvgIpc) is 2.71. The number of carboxylic acid groups (broad SMARTS) is 1. The molecule has 1 fully saturated rings. The highest BCUT2D eigenvalue weighted by Crippen LogP contribution is 2.11. The van der Waals surface area contributed by atoms with Crippen molar-refractivity contribution in [2.24, 2.45) is 0 Å². The summed E-state index contributed by atoms with van der Waals surface area (Å²) in [5.41, 5.74) is 0.325. The van der Waals surface area contributed by atoms with Gasteiger partial charge >= 0.3 is 5.97 Å². The highest BCUT2D eigenvalue weighted by Gasteiger charge is 2.18. The molecule has 0 radical (unpaired) electrons. The lowest BCUT2D eigenvalue weighted by atomic mass is 10.1. The average molecular weight is 155 g/mol. The Bertz CT molecular complexity index is 173. The van der Waals surface area contributed by atoms with E-state index in [2.05, 4.69) is 11.9 Å². The molecule has 1 aliphatic rings. The maximum Gasteiger partial charge on any atom is 0.330 e. The molecule has 0 aromatic heterocycles. The lowest BCUT2D eigenvalue weighted by Gasteiger charge is -1.97. The summed E-state index contributed by atoms with van der Waals surface area (Å²) < 4.78 is 0. The first kappa shape index (κ1) is 8.27. The van der Waals surface area contributed by atoms with Gasteiger partial charge in [0.05, 0.1) is 0 Å². The number of hydrogen-bond acceptors (Lipinski definition) is 2. The molecule has 0 aromatic carbocycles. The Morgan fingerprint density at radius 2 is 2.36 bits per heavy atom. The highest BCUT2D eigenvalue weighted by molar-refractivity contribution is 5.85. The van der Waals surface area contributed by atoms with Crippen molar-refractivity contribution in [1.29, 1.82) is 0 Å². The number of hydrogen-bond donors (Lipinski definition) is 2. The molecule has 2 N–H and O–H groups in total. The zero-order valence-corrected chi connectivity index (χ0v) is 6.47. The Hall–Kier alpha value is -0.830. The van der Waals surface area contributed by atoms with Crippen LogP contribution in [0.25, 0.3) is 0 Å². The van der Waals surface area contributed by atoms with Crippen LogP contribution in [0.15, 0.2) is 12.2 Å². The minimum absolute atomic E-state index is 0.325. The first-order valence-electron chi connectivity index (χ1n) is 3.84. The summed E-state index contributed by atoms with van der Waals surface area (Å²) in [5, 5.41) is 11.6. The van der Waals surface area contributed by atoms with Crippen molar-refractivity contribution in [3.63, 3.8) is 0 Å². The van der Waals surface area contributed by atoms with E-state index >= 15 is 0 Å². The van der Waals surface area contributed by atoms with E-state index in [0.29, 0.717) is 18.0 Å². The molecule has 62 valence electrons. The van der Waals surface area contributed by atoms with Gasteiger partial charge in [0.1, 0.15) is 0 Å². The van der Waals surface area contributed by atoms with E-state index < -0.39 is 5.97 Å². The third-order valence-corrected chi connectivity index (χ3v) is 1.83. The number of rotatable bonds is 5. The lowest BCUT2D eigenvalue weighted by Crippen LogP contribution is -1.99. The van der Waals surface area contributed by atoms with Gasteiger partial charge in [-0.3, -0.25) is 0 Å². The van der Waals surface area contributed by atoms with Crippen molar-refractivity contribution < 1.29 is 9.90 Å². The molecular formula is C8H13NO2. The third kappa shape index (κ3) is 3.18. The Labute approximate surface area is 66.1 Å². The van der Waals surface area contributed by atoms with Crippen molar-refractivity contribution in [3.05, 3.63) is 12.2 Å². The molecule has 1 rings (SSSR count). The summed E-state index contributed by atoms with van der Waals surface area (Å²) in [6, 6.07) is 0.650. The predicted molar refractivity (Wildman–Crippen MR) is 42.4 cm³/mol. The van der Waals surface area contributed by atoms with E-state index in [1.54, 1.807) is 0 Å². The predicted octanol–water partition coefficient (Wildman–Crippen LogP) is 0.769. The van der Waals surface area contributed by atoms with Crippen LogP contribution >= 0.6 is 0 Å². The summed E-state index contributed by atoms with van der Waals surface area (Å²) in [6.07, 6.45) is 2.63. The van der Waals surface area contributed by atoms with Crippen molar-refractivity contribution >= 4 is 5.97 Å².